The van der Waals surface area contributed by atoms with Crippen molar-refractivity contribution >= 4 is 22.4 Å². The second-order valence-electron chi connectivity index (χ2n) is 8.98. The lowest BCUT2D eigenvalue weighted by molar-refractivity contribution is 0.0864. The van der Waals surface area contributed by atoms with Crippen LogP contribution >= 0.6 is 0 Å². The smallest absolute Gasteiger partial charge is 0.0900 e. The van der Waals surface area contributed by atoms with E-state index in [0.29, 0.717) is 0 Å². The number of fused-ring (bicyclic) bond motifs is 2. The molecule has 0 radical (unpaired) electrons. The molecule has 0 amide bonds. The molecule has 174 valence electrons. The van der Waals surface area contributed by atoms with Gasteiger partial charge in [-0.1, -0.05) is 30.3 Å². The van der Waals surface area contributed by atoms with Gasteiger partial charge in [-0.15, -0.1) is 0 Å². The topological polar surface area (TPSA) is 64.3 Å². The van der Waals surface area contributed by atoms with E-state index < -0.39 is 0 Å². The number of nitrogens with one attached hydrogen (secondary N) is 1. The van der Waals surface area contributed by atoms with Crippen molar-refractivity contribution in [3.05, 3.63) is 96.1 Å². The van der Waals surface area contributed by atoms with Gasteiger partial charge in [0, 0.05) is 25.1 Å². The zero-order chi connectivity index (χ0) is 23.6. The normalized spacial score (nSPS) is 15.1. The Kier molecular flexibility index (Phi) is 5.72. The molecule has 3 aliphatic rings. The first-order valence-electron chi connectivity index (χ1n) is 12.1. The summed E-state index contributed by atoms with van der Waals surface area (Å²) in [6.07, 6.45) is 5.55. The van der Waals surface area contributed by atoms with Crippen LogP contribution in [0.3, 0.4) is 0 Å². The maximum absolute atomic E-state index is 5.57. The number of para-hydroxylation sites is 3. The van der Waals surface area contributed by atoms with Gasteiger partial charge in [-0.25, -0.2) is 4.98 Å². The first-order chi connectivity index (χ1) is 17.2. The molecule has 1 aromatic heterocycles. The number of anilines is 2. The molecular formula is C29H27N5O. The molecule has 0 unspecified atom stereocenters. The van der Waals surface area contributed by atoms with Crippen molar-refractivity contribution in [3.63, 3.8) is 0 Å². The van der Waals surface area contributed by atoms with Gasteiger partial charge >= 0.3 is 0 Å². The molecule has 0 bridgehead atoms. The number of nitrogens with zero attached hydrogens (tertiary/aromatic N) is 4. The van der Waals surface area contributed by atoms with E-state index in [-0.39, 0.29) is 6.04 Å². The molecule has 2 aliphatic heterocycles. The maximum atomic E-state index is 5.57. The molecule has 1 saturated heterocycles. The van der Waals surface area contributed by atoms with Crippen molar-refractivity contribution in [1.29, 1.82) is 0 Å². The predicted molar refractivity (Wildman–Crippen MR) is 139 cm³/mol. The van der Waals surface area contributed by atoms with Crippen LogP contribution in [-0.4, -0.2) is 33.8 Å². The Labute approximate surface area is 204 Å². The van der Waals surface area contributed by atoms with Gasteiger partial charge in [-0.2, -0.15) is 0 Å². The fourth-order valence-electron chi connectivity index (χ4n) is 4.69. The summed E-state index contributed by atoms with van der Waals surface area (Å²) in [4.78, 5) is 14.6. The summed E-state index contributed by atoms with van der Waals surface area (Å²) < 4.78 is 7.85. The van der Waals surface area contributed by atoms with E-state index in [2.05, 4.69) is 75.5 Å². The molecule has 0 saturated carbocycles. The van der Waals surface area contributed by atoms with Crippen molar-refractivity contribution < 1.29 is 4.74 Å². The molecule has 3 heterocycles. The molecule has 6 heteroatoms. The van der Waals surface area contributed by atoms with Crippen LogP contribution in [0.2, 0.25) is 0 Å². The fraction of sp³-hybridized carbons (Fsp3) is 0.207. The van der Waals surface area contributed by atoms with Crippen LogP contribution in [0.4, 0.5) is 11.4 Å². The van der Waals surface area contributed by atoms with Gasteiger partial charge in [0.2, 0.25) is 0 Å². The van der Waals surface area contributed by atoms with Gasteiger partial charge in [-0.05, 0) is 67.8 Å². The average Bonchev–Trinajstić information content (AvgIpc) is 2.89. The van der Waals surface area contributed by atoms with E-state index in [4.69, 9.17) is 14.7 Å². The Hall–Kier alpha value is -4.03. The molecule has 35 heavy (non-hydrogen) atoms. The van der Waals surface area contributed by atoms with Crippen LogP contribution in [-0.2, 0) is 4.74 Å². The number of pyridine rings is 1. The molecule has 1 aliphatic carbocycles. The van der Waals surface area contributed by atoms with E-state index in [9.17, 15) is 0 Å². The SMILES string of the molecule is Cc1cncc(Nc2cc3nc4ccccc4n(-c4ccccc4)c-3c/c2=N\C2CCOCC2)c1. The summed E-state index contributed by atoms with van der Waals surface area (Å²) in [6.45, 7) is 3.55. The van der Waals surface area contributed by atoms with Crippen molar-refractivity contribution in [2.45, 2.75) is 25.8 Å². The minimum atomic E-state index is 0.232. The van der Waals surface area contributed by atoms with Crippen LogP contribution < -0.4 is 10.7 Å². The van der Waals surface area contributed by atoms with Crippen LogP contribution in [0.15, 0.2) is 90.2 Å². The molecule has 2 aromatic carbocycles. The van der Waals surface area contributed by atoms with Gasteiger partial charge in [0.05, 0.1) is 51.4 Å². The number of hydrogen-bond donors (Lipinski definition) is 1. The highest BCUT2D eigenvalue weighted by atomic mass is 16.5. The number of rotatable bonds is 4. The van der Waals surface area contributed by atoms with Crippen molar-refractivity contribution in [3.8, 4) is 17.1 Å². The van der Waals surface area contributed by atoms with Gasteiger partial charge < -0.3 is 14.6 Å². The summed E-state index contributed by atoms with van der Waals surface area (Å²) in [6, 6.07) is 25.3. The molecule has 3 aromatic rings. The minimum Gasteiger partial charge on any atom is -0.381 e. The first kappa shape index (κ1) is 21.5. The van der Waals surface area contributed by atoms with Gasteiger partial charge in [0.15, 0.2) is 0 Å². The molecule has 1 fully saturated rings. The van der Waals surface area contributed by atoms with E-state index in [1.807, 2.05) is 31.5 Å². The number of aromatic nitrogens is 3. The Morgan fingerprint density at radius 3 is 2.57 bits per heavy atom. The summed E-state index contributed by atoms with van der Waals surface area (Å²) in [5.41, 5.74) is 7.99. The standard InChI is InChI=1S/C29H27N5O/c1-20-15-22(19-30-18-20)32-25-16-27-29(17-26(25)31-21-11-13-35-14-12-21)34(23-7-3-2-4-8-23)28-10-6-5-9-24(28)33-27/h2-10,15-19,21,32H,11-14H2,1H3/b31-26+. The summed E-state index contributed by atoms with van der Waals surface area (Å²) in [7, 11) is 0. The highest BCUT2D eigenvalue weighted by molar-refractivity contribution is 5.84. The maximum Gasteiger partial charge on any atom is 0.0900 e. The van der Waals surface area contributed by atoms with Crippen LogP contribution in [0.25, 0.3) is 28.1 Å². The largest absolute Gasteiger partial charge is 0.381 e. The lowest BCUT2D eigenvalue weighted by atomic mass is 10.1. The Morgan fingerprint density at radius 2 is 1.74 bits per heavy atom. The molecule has 6 nitrogen and oxygen atoms in total. The quantitative estimate of drug-likeness (QED) is 0.351. The van der Waals surface area contributed by atoms with Crippen LogP contribution in [0, 0.1) is 6.92 Å². The van der Waals surface area contributed by atoms with Crippen molar-refractivity contribution in [2.24, 2.45) is 4.99 Å². The first-order valence-corrected chi connectivity index (χ1v) is 12.1. The van der Waals surface area contributed by atoms with Crippen molar-refractivity contribution in [2.75, 3.05) is 18.5 Å². The van der Waals surface area contributed by atoms with E-state index in [1.165, 1.54) is 0 Å². The number of ether oxygens (including phenoxy) is 1. The molecule has 0 atom stereocenters. The van der Waals surface area contributed by atoms with E-state index >= 15 is 0 Å². The monoisotopic (exact) mass is 461 g/mol. The summed E-state index contributed by atoms with van der Waals surface area (Å²) in [5.74, 6) is 0. The second kappa shape index (κ2) is 9.31. The predicted octanol–water partition coefficient (Wildman–Crippen LogP) is 5.66. The van der Waals surface area contributed by atoms with Gasteiger partial charge in [-0.3, -0.25) is 9.98 Å². The zero-order valence-corrected chi connectivity index (χ0v) is 19.7. The van der Waals surface area contributed by atoms with Crippen LogP contribution in [0.5, 0.6) is 0 Å². The molecule has 6 rings (SSSR count). The third-order valence-electron chi connectivity index (χ3n) is 6.38. The average molecular weight is 462 g/mol. The lowest BCUT2D eigenvalue weighted by Gasteiger charge is -2.22. The lowest BCUT2D eigenvalue weighted by Crippen LogP contribution is -2.23. The van der Waals surface area contributed by atoms with Crippen molar-refractivity contribution in [1.82, 2.24) is 14.5 Å². The summed E-state index contributed by atoms with van der Waals surface area (Å²) in [5, 5.41) is 4.49. The third kappa shape index (κ3) is 4.40. The van der Waals surface area contributed by atoms with E-state index in [0.717, 1.165) is 76.5 Å². The number of hydrogen-bond acceptors (Lipinski definition) is 5. The van der Waals surface area contributed by atoms with Crippen LogP contribution in [0.1, 0.15) is 18.4 Å². The zero-order valence-electron chi connectivity index (χ0n) is 19.7. The fourth-order valence-corrected chi connectivity index (χ4v) is 4.69. The van der Waals surface area contributed by atoms with Gasteiger partial charge in [0.25, 0.3) is 0 Å². The number of benzene rings is 3. The molecule has 1 N–H and O–H groups in total. The van der Waals surface area contributed by atoms with Gasteiger partial charge in [0.1, 0.15) is 0 Å². The molecule has 0 spiro atoms. The third-order valence-corrected chi connectivity index (χ3v) is 6.38. The minimum absolute atomic E-state index is 0.232. The Bertz CT molecular complexity index is 1520. The Balaban J connectivity index is 1.62. The Morgan fingerprint density at radius 1 is 0.943 bits per heavy atom. The number of aryl methyl sites for hydroxylation is 1. The van der Waals surface area contributed by atoms with E-state index in [1.54, 1.807) is 0 Å². The highest BCUT2D eigenvalue weighted by Gasteiger charge is 2.18. The molecular weight excluding hydrogens is 434 g/mol. The second-order valence-corrected chi connectivity index (χ2v) is 8.98. The summed E-state index contributed by atoms with van der Waals surface area (Å²) >= 11 is 0. The highest BCUT2D eigenvalue weighted by Crippen LogP contribution is 2.30.